The highest BCUT2D eigenvalue weighted by atomic mass is 16.5. The van der Waals surface area contributed by atoms with Crippen LogP contribution in [0, 0.1) is 0 Å². The Bertz CT molecular complexity index is 446. The van der Waals surface area contributed by atoms with Crippen LogP contribution in [0.2, 0.25) is 0 Å². The van der Waals surface area contributed by atoms with Gasteiger partial charge < -0.3 is 19.3 Å². The molecule has 136 valence electrons. The van der Waals surface area contributed by atoms with Gasteiger partial charge in [-0.15, -0.1) is 0 Å². The third-order valence-electron chi connectivity index (χ3n) is 6.54. The van der Waals surface area contributed by atoms with Crippen LogP contribution in [0.25, 0.3) is 0 Å². The van der Waals surface area contributed by atoms with Crippen molar-refractivity contribution in [2.45, 2.75) is 75.5 Å². The van der Waals surface area contributed by atoms with Crippen LogP contribution in [0.1, 0.15) is 57.8 Å². The Morgan fingerprint density at radius 1 is 1.08 bits per heavy atom. The summed E-state index contributed by atoms with van der Waals surface area (Å²) >= 11 is 0. The zero-order valence-electron chi connectivity index (χ0n) is 14.9. The van der Waals surface area contributed by atoms with E-state index in [1.54, 1.807) is 0 Å². The summed E-state index contributed by atoms with van der Waals surface area (Å²) in [6, 6.07) is 0.658. The first-order valence-corrected chi connectivity index (χ1v) is 10.0. The van der Waals surface area contributed by atoms with Gasteiger partial charge in [-0.2, -0.15) is 0 Å². The van der Waals surface area contributed by atoms with Gasteiger partial charge in [-0.3, -0.25) is 4.79 Å². The lowest BCUT2D eigenvalue weighted by Crippen LogP contribution is -2.50. The predicted molar refractivity (Wildman–Crippen MR) is 91.9 cm³/mol. The van der Waals surface area contributed by atoms with Gasteiger partial charge in [0.25, 0.3) is 0 Å². The molecule has 1 amide bonds. The molecule has 4 rings (SSSR count). The van der Waals surface area contributed by atoms with Crippen LogP contribution >= 0.6 is 0 Å². The number of nitrogens with zero attached hydrogens (tertiary/aromatic N) is 2. The molecular weight excluding hydrogens is 304 g/mol. The largest absolute Gasteiger partial charge is 0.373 e. The van der Waals surface area contributed by atoms with E-state index < -0.39 is 0 Å². The second-order valence-corrected chi connectivity index (χ2v) is 8.20. The van der Waals surface area contributed by atoms with Gasteiger partial charge >= 0.3 is 0 Å². The Hall–Kier alpha value is -0.650. The van der Waals surface area contributed by atoms with E-state index in [4.69, 9.17) is 9.47 Å². The minimum atomic E-state index is -0.0888. The summed E-state index contributed by atoms with van der Waals surface area (Å²) in [6.07, 6.45) is 11.0. The topological polar surface area (TPSA) is 42.0 Å². The number of hydrogen-bond acceptors (Lipinski definition) is 4. The van der Waals surface area contributed by atoms with Gasteiger partial charge in [0.15, 0.2) is 0 Å². The quantitative estimate of drug-likeness (QED) is 0.789. The van der Waals surface area contributed by atoms with Crippen molar-refractivity contribution in [1.29, 1.82) is 0 Å². The number of hydrogen-bond donors (Lipinski definition) is 0. The van der Waals surface area contributed by atoms with Crippen LogP contribution in [0.5, 0.6) is 0 Å². The van der Waals surface area contributed by atoms with Crippen molar-refractivity contribution < 1.29 is 14.3 Å². The van der Waals surface area contributed by atoms with Crippen LogP contribution < -0.4 is 0 Å². The van der Waals surface area contributed by atoms with Crippen LogP contribution in [0.3, 0.4) is 0 Å². The highest BCUT2D eigenvalue weighted by molar-refractivity contribution is 5.78. The molecule has 24 heavy (non-hydrogen) atoms. The molecule has 1 spiro atoms. The minimum absolute atomic E-state index is 0.0888. The molecule has 0 N–H and O–H groups in total. The number of likely N-dealkylation sites (tertiary alicyclic amines) is 2. The third-order valence-corrected chi connectivity index (χ3v) is 6.54. The Balaban J connectivity index is 1.28. The Morgan fingerprint density at radius 3 is 2.67 bits per heavy atom. The fraction of sp³-hybridized carbons (Fsp3) is 0.947. The molecule has 2 atom stereocenters. The summed E-state index contributed by atoms with van der Waals surface area (Å²) in [4.78, 5) is 17.1. The normalized spacial score (nSPS) is 35.3. The van der Waals surface area contributed by atoms with Crippen LogP contribution in [0.15, 0.2) is 0 Å². The maximum atomic E-state index is 12.5. The van der Waals surface area contributed by atoms with Crippen LogP contribution in [-0.4, -0.2) is 72.8 Å². The first-order valence-electron chi connectivity index (χ1n) is 10.0. The molecule has 4 fully saturated rings. The van der Waals surface area contributed by atoms with Crippen LogP contribution in [-0.2, 0) is 14.3 Å². The third kappa shape index (κ3) is 3.63. The van der Waals surface area contributed by atoms with Crippen molar-refractivity contribution in [3.8, 4) is 0 Å². The second-order valence-electron chi connectivity index (χ2n) is 8.20. The summed E-state index contributed by atoms with van der Waals surface area (Å²) in [5.74, 6) is 0.158. The van der Waals surface area contributed by atoms with Crippen molar-refractivity contribution in [2.24, 2.45) is 0 Å². The van der Waals surface area contributed by atoms with Gasteiger partial charge in [-0.05, 0) is 58.0 Å². The average molecular weight is 336 g/mol. The lowest BCUT2D eigenvalue weighted by atomic mass is 9.89. The van der Waals surface area contributed by atoms with Gasteiger partial charge in [-0.1, -0.05) is 12.8 Å². The molecule has 0 radical (unpaired) electrons. The first-order chi connectivity index (χ1) is 11.7. The van der Waals surface area contributed by atoms with E-state index in [0.29, 0.717) is 12.1 Å². The monoisotopic (exact) mass is 336 g/mol. The lowest BCUT2D eigenvalue weighted by molar-refractivity contribution is -0.140. The van der Waals surface area contributed by atoms with Gasteiger partial charge in [0.1, 0.15) is 6.61 Å². The fourth-order valence-corrected chi connectivity index (χ4v) is 5.10. The zero-order valence-corrected chi connectivity index (χ0v) is 14.9. The van der Waals surface area contributed by atoms with Crippen LogP contribution in [0.4, 0.5) is 0 Å². The molecule has 1 saturated carbocycles. The van der Waals surface area contributed by atoms with E-state index in [1.807, 2.05) is 4.90 Å². The minimum Gasteiger partial charge on any atom is -0.373 e. The molecular formula is C19H32N2O3. The maximum Gasteiger partial charge on any atom is 0.248 e. The molecule has 3 heterocycles. The standard InChI is InChI=1S/C19H32N2O3/c22-18(14-23-17-5-1-2-6-17)21-11-8-19(15-21)13-16(7-12-24-19)20-9-3-4-10-20/h16-17H,1-15H2/t16-,19+/m0/s1. The summed E-state index contributed by atoms with van der Waals surface area (Å²) in [7, 11) is 0. The van der Waals surface area contributed by atoms with Crippen molar-refractivity contribution in [3.63, 3.8) is 0 Å². The van der Waals surface area contributed by atoms with E-state index >= 15 is 0 Å². The molecule has 0 aromatic rings. The molecule has 0 unspecified atom stereocenters. The number of carbonyl (C=O) groups is 1. The van der Waals surface area contributed by atoms with E-state index in [-0.39, 0.29) is 18.1 Å². The summed E-state index contributed by atoms with van der Waals surface area (Å²) < 4.78 is 12.0. The smallest absolute Gasteiger partial charge is 0.248 e. The zero-order chi connectivity index (χ0) is 16.4. The molecule has 1 aliphatic carbocycles. The van der Waals surface area contributed by atoms with Crippen molar-refractivity contribution in [1.82, 2.24) is 9.80 Å². The summed E-state index contributed by atoms with van der Waals surface area (Å²) in [5, 5.41) is 0. The Labute approximate surface area is 145 Å². The Kier molecular flexibility index (Phi) is 5.11. The summed E-state index contributed by atoms with van der Waals surface area (Å²) in [5.41, 5.74) is -0.0888. The molecule has 5 nitrogen and oxygen atoms in total. The highest BCUT2D eigenvalue weighted by Gasteiger charge is 2.45. The molecule has 4 aliphatic rings. The van der Waals surface area contributed by atoms with Gasteiger partial charge in [0.2, 0.25) is 5.91 Å². The highest BCUT2D eigenvalue weighted by Crippen LogP contribution is 2.37. The number of ether oxygens (including phenoxy) is 2. The van der Waals surface area contributed by atoms with Gasteiger partial charge in [-0.25, -0.2) is 0 Å². The van der Waals surface area contributed by atoms with Crippen molar-refractivity contribution >= 4 is 5.91 Å². The van der Waals surface area contributed by atoms with Crippen molar-refractivity contribution in [2.75, 3.05) is 39.4 Å². The molecule has 0 aromatic carbocycles. The molecule has 5 heteroatoms. The van der Waals surface area contributed by atoms with E-state index in [9.17, 15) is 4.79 Å². The summed E-state index contributed by atoms with van der Waals surface area (Å²) in [6.45, 7) is 5.21. The SMILES string of the molecule is O=C(COC1CCCC1)N1CC[C@@]2(C[C@@H](N3CCCC3)CCO2)C1. The fourth-order valence-electron chi connectivity index (χ4n) is 5.10. The van der Waals surface area contributed by atoms with Gasteiger partial charge in [0, 0.05) is 25.7 Å². The second kappa shape index (κ2) is 7.30. The van der Waals surface area contributed by atoms with E-state index in [2.05, 4.69) is 4.90 Å². The average Bonchev–Trinajstić information content (AvgIpc) is 3.35. The molecule has 0 aromatic heterocycles. The first kappa shape index (κ1) is 16.8. The Morgan fingerprint density at radius 2 is 1.88 bits per heavy atom. The molecule has 0 bridgehead atoms. The van der Waals surface area contributed by atoms with Gasteiger partial charge in [0.05, 0.1) is 11.7 Å². The van der Waals surface area contributed by atoms with E-state index in [0.717, 1.165) is 51.8 Å². The predicted octanol–water partition coefficient (Wildman–Crippen LogP) is 2.19. The molecule has 3 aliphatic heterocycles. The van der Waals surface area contributed by atoms with E-state index in [1.165, 1.54) is 38.8 Å². The van der Waals surface area contributed by atoms with Crippen molar-refractivity contribution in [3.05, 3.63) is 0 Å². The number of amides is 1. The lowest BCUT2D eigenvalue weighted by Gasteiger charge is -2.41. The number of carbonyl (C=O) groups excluding carboxylic acids is 1. The molecule has 3 saturated heterocycles. The number of rotatable bonds is 4. The maximum absolute atomic E-state index is 12.5.